The maximum absolute atomic E-state index is 13.6. The summed E-state index contributed by atoms with van der Waals surface area (Å²) in [5.74, 6) is 0.575. The number of ether oxygens (including phenoxy) is 1. The van der Waals surface area contributed by atoms with Gasteiger partial charge in [-0.15, -0.1) is 0 Å². The molecule has 0 amide bonds. The minimum Gasteiger partial charge on any atom is -0.494 e. The summed E-state index contributed by atoms with van der Waals surface area (Å²) in [4.78, 5) is 4.49. The zero-order valence-corrected chi connectivity index (χ0v) is 11.3. The van der Waals surface area contributed by atoms with E-state index in [0.29, 0.717) is 11.8 Å². The summed E-state index contributed by atoms with van der Waals surface area (Å²) in [6.45, 7) is 0. The van der Waals surface area contributed by atoms with E-state index >= 15 is 0 Å². The van der Waals surface area contributed by atoms with Crippen molar-refractivity contribution in [3.63, 3.8) is 0 Å². The number of benzene rings is 1. The Morgan fingerprint density at radius 2 is 2.32 bits per heavy atom. The van der Waals surface area contributed by atoms with Gasteiger partial charge in [-0.25, -0.2) is 4.39 Å². The van der Waals surface area contributed by atoms with Gasteiger partial charge in [0.15, 0.2) is 16.7 Å². The molecule has 1 heterocycles. The highest BCUT2D eigenvalue weighted by Crippen LogP contribution is 2.26. The molecule has 4 nitrogen and oxygen atoms in total. The summed E-state index contributed by atoms with van der Waals surface area (Å²) in [5.41, 5.74) is 4.52. The van der Waals surface area contributed by atoms with Gasteiger partial charge in [0.2, 0.25) is 0 Å². The van der Waals surface area contributed by atoms with E-state index in [1.54, 1.807) is 17.8 Å². The molecule has 3 rings (SSSR count). The maximum Gasteiger partial charge on any atom is 0.177 e. The van der Waals surface area contributed by atoms with Crippen LogP contribution in [0.15, 0.2) is 28.3 Å². The quantitative estimate of drug-likeness (QED) is 0.924. The third-order valence-corrected chi connectivity index (χ3v) is 3.85. The summed E-state index contributed by atoms with van der Waals surface area (Å²) >= 11 is 1.60. The van der Waals surface area contributed by atoms with Gasteiger partial charge in [0.25, 0.3) is 0 Å². The van der Waals surface area contributed by atoms with Gasteiger partial charge in [0.1, 0.15) is 0 Å². The molecule has 0 aromatic heterocycles. The molecule has 0 atom stereocenters. The number of aliphatic imine (C=N–C) groups is 1. The molecule has 0 saturated heterocycles. The van der Waals surface area contributed by atoms with Gasteiger partial charge in [-0.1, -0.05) is 11.8 Å². The molecule has 6 heteroatoms. The Bertz CT molecular complexity index is 555. The molecule has 1 aromatic carbocycles. The van der Waals surface area contributed by atoms with Gasteiger partial charge in [0.05, 0.1) is 18.9 Å². The van der Waals surface area contributed by atoms with E-state index in [1.165, 1.54) is 26.0 Å². The zero-order valence-electron chi connectivity index (χ0n) is 10.5. The highest BCUT2D eigenvalue weighted by Gasteiger charge is 2.22. The highest BCUT2D eigenvalue weighted by molar-refractivity contribution is 8.14. The number of hydrazone groups is 1. The molecule has 1 aliphatic carbocycles. The van der Waals surface area contributed by atoms with Crippen molar-refractivity contribution in [2.45, 2.75) is 18.9 Å². The smallest absolute Gasteiger partial charge is 0.177 e. The number of halogens is 1. The Labute approximate surface area is 115 Å². The number of amidine groups is 1. The Balaban J connectivity index is 1.76. The van der Waals surface area contributed by atoms with Crippen LogP contribution in [0.4, 0.5) is 4.39 Å². The lowest BCUT2D eigenvalue weighted by atomic mass is 10.1. The van der Waals surface area contributed by atoms with Gasteiger partial charge < -0.3 is 4.74 Å². The van der Waals surface area contributed by atoms with E-state index in [2.05, 4.69) is 15.5 Å². The first-order chi connectivity index (χ1) is 9.26. The molecular formula is C13H14FN3OS. The average molecular weight is 279 g/mol. The molecule has 1 aliphatic heterocycles. The van der Waals surface area contributed by atoms with Crippen LogP contribution in [0.5, 0.6) is 5.75 Å². The first-order valence-corrected chi connectivity index (χ1v) is 7.12. The summed E-state index contributed by atoms with van der Waals surface area (Å²) < 4.78 is 18.5. The number of rotatable bonds is 3. The van der Waals surface area contributed by atoms with Crippen LogP contribution in [0.25, 0.3) is 0 Å². The third kappa shape index (κ3) is 2.89. The van der Waals surface area contributed by atoms with Crippen molar-refractivity contribution in [3.05, 3.63) is 29.6 Å². The van der Waals surface area contributed by atoms with Crippen molar-refractivity contribution >= 4 is 22.6 Å². The average Bonchev–Trinajstić information content (AvgIpc) is 3.23. The predicted molar refractivity (Wildman–Crippen MR) is 75.5 cm³/mol. The van der Waals surface area contributed by atoms with E-state index < -0.39 is 0 Å². The van der Waals surface area contributed by atoms with E-state index in [-0.39, 0.29) is 11.6 Å². The molecule has 0 unspecified atom stereocenters. The van der Waals surface area contributed by atoms with Crippen molar-refractivity contribution < 1.29 is 9.13 Å². The second-order valence-electron chi connectivity index (χ2n) is 4.47. The van der Waals surface area contributed by atoms with Crippen LogP contribution in [0, 0.1) is 5.82 Å². The van der Waals surface area contributed by atoms with Gasteiger partial charge in [-0.05, 0) is 31.0 Å². The van der Waals surface area contributed by atoms with Crippen LogP contribution in [0.3, 0.4) is 0 Å². The van der Waals surface area contributed by atoms with E-state index in [1.807, 2.05) is 6.07 Å². The molecular weight excluding hydrogens is 265 g/mol. The lowest BCUT2D eigenvalue weighted by Crippen LogP contribution is -2.25. The zero-order chi connectivity index (χ0) is 13.2. The normalized spacial score (nSPS) is 20.9. The molecule has 0 radical (unpaired) electrons. The minimum atomic E-state index is -0.370. The van der Waals surface area contributed by atoms with Crippen LogP contribution in [0.2, 0.25) is 0 Å². The topological polar surface area (TPSA) is 46.0 Å². The fourth-order valence-corrected chi connectivity index (χ4v) is 2.58. The Kier molecular flexibility index (Phi) is 3.42. The number of thioether (sulfide) groups is 1. The van der Waals surface area contributed by atoms with E-state index in [0.717, 1.165) is 16.4 Å². The second-order valence-corrected chi connectivity index (χ2v) is 5.44. The largest absolute Gasteiger partial charge is 0.494 e. The number of hydrogen-bond acceptors (Lipinski definition) is 4. The highest BCUT2D eigenvalue weighted by atomic mass is 32.2. The van der Waals surface area contributed by atoms with Crippen LogP contribution in [0.1, 0.15) is 18.4 Å². The SMILES string of the molecule is COc1ccc(C2=NNC(=NC3CC3)SC2)cc1F. The number of methoxy groups -OCH3 is 1. The number of nitrogens with zero attached hydrogens (tertiary/aromatic N) is 2. The van der Waals surface area contributed by atoms with Crippen molar-refractivity contribution in [2.24, 2.45) is 10.1 Å². The molecule has 1 saturated carbocycles. The lowest BCUT2D eigenvalue weighted by molar-refractivity contribution is 0.386. The number of nitrogens with one attached hydrogen (secondary N) is 1. The fourth-order valence-electron chi connectivity index (χ4n) is 1.75. The Morgan fingerprint density at radius 1 is 1.47 bits per heavy atom. The van der Waals surface area contributed by atoms with Gasteiger partial charge in [-0.3, -0.25) is 10.4 Å². The van der Waals surface area contributed by atoms with Crippen molar-refractivity contribution in [1.29, 1.82) is 0 Å². The van der Waals surface area contributed by atoms with Crippen molar-refractivity contribution in [2.75, 3.05) is 12.9 Å². The predicted octanol–water partition coefficient (Wildman–Crippen LogP) is 2.39. The van der Waals surface area contributed by atoms with Crippen molar-refractivity contribution in [3.8, 4) is 5.75 Å². The summed E-state index contributed by atoms with van der Waals surface area (Å²) in [5, 5.41) is 5.13. The van der Waals surface area contributed by atoms with Crippen molar-refractivity contribution in [1.82, 2.24) is 5.43 Å². The lowest BCUT2D eigenvalue weighted by Gasteiger charge is -2.15. The van der Waals surface area contributed by atoms with Gasteiger partial charge in [0, 0.05) is 11.3 Å². The molecule has 1 fully saturated rings. The van der Waals surface area contributed by atoms with Gasteiger partial charge in [-0.2, -0.15) is 5.10 Å². The number of hydrogen-bond donors (Lipinski definition) is 1. The monoisotopic (exact) mass is 279 g/mol. The minimum absolute atomic E-state index is 0.247. The summed E-state index contributed by atoms with van der Waals surface area (Å²) in [7, 11) is 1.45. The first-order valence-electron chi connectivity index (χ1n) is 6.13. The Hall–Kier alpha value is -1.56. The van der Waals surface area contributed by atoms with E-state index in [9.17, 15) is 4.39 Å². The fraction of sp³-hybridized carbons (Fsp3) is 0.385. The first kappa shape index (κ1) is 12.5. The molecule has 19 heavy (non-hydrogen) atoms. The third-order valence-electron chi connectivity index (χ3n) is 2.96. The summed E-state index contributed by atoms with van der Waals surface area (Å²) in [6, 6.07) is 5.35. The standard InChI is InChI=1S/C13H14FN3OS/c1-18-12-5-2-8(6-10(12)14)11-7-19-13(17-16-11)15-9-3-4-9/h2,5-6,9H,3-4,7H2,1H3,(H,15,17). The second kappa shape index (κ2) is 5.21. The maximum atomic E-state index is 13.6. The van der Waals surface area contributed by atoms with Gasteiger partial charge >= 0.3 is 0 Å². The molecule has 100 valence electrons. The van der Waals surface area contributed by atoms with Crippen LogP contribution in [-0.4, -0.2) is 29.8 Å². The Morgan fingerprint density at radius 3 is 2.89 bits per heavy atom. The van der Waals surface area contributed by atoms with E-state index in [4.69, 9.17) is 4.74 Å². The van der Waals surface area contributed by atoms with Crippen LogP contribution < -0.4 is 10.2 Å². The molecule has 0 spiro atoms. The van der Waals surface area contributed by atoms with Crippen LogP contribution >= 0.6 is 11.8 Å². The van der Waals surface area contributed by atoms with Crippen LogP contribution in [-0.2, 0) is 0 Å². The summed E-state index contributed by atoms with van der Waals surface area (Å²) in [6.07, 6.45) is 2.35. The molecule has 0 bridgehead atoms. The molecule has 2 aliphatic rings. The molecule has 1 N–H and O–H groups in total. The molecule has 1 aromatic rings.